The molecule has 1 fully saturated rings. The lowest BCUT2D eigenvalue weighted by Gasteiger charge is -2.26. The van der Waals surface area contributed by atoms with Gasteiger partial charge >= 0.3 is 0 Å². The number of hydrogen-bond donors (Lipinski definition) is 2. The molecule has 0 aliphatic heterocycles. The summed E-state index contributed by atoms with van der Waals surface area (Å²) in [6, 6.07) is 21.4. The summed E-state index contributed by atoms with van der Waals surface area (Å²) < 4.78 is 0. The molecule has 0 bridgehead atoms. The van der Waals surface area contributed by atoms with Crippen molar-refractivity contribution in [2.24, 2.45) is 5.92 Å². The standard InChI is InChI=1S/C24H29N3/c1-4-10-19(11-5-1)16-22(25-17-20-12-6-2-7-13-20)24-26-18-23(27-24)21-14-8-3-9-15-21/h2-3,6-9,12-15,18-19,22,25H,1,4-5,10-11,16-17H2,(H,26,27)/t22-/m1/s1. The molecule has 0 saturated heterocycles. The maximum Gasteiger partial charge on any atom is 0.123 e. The van der Waals surface area contributed by atoms with Crippen molar-refractivity contribution in [3.05, 3.63) is 78.2 Å². The topological polar surface area (TPSA) is 40.7 Å². The van der Waals surface area contributed by atoms with Crippen LogP contribution in [0.3, 0.4) is 0 Å². The van der Waals surface area contributed by atoms with Crippen LogP contribution in [-0.4, -0.2) is 9.97 Å². The van der Waals surface area contributed by atoms with E-state index in [1.165, 1.54) is 43.2 Å². The van der Waals surface area contributed by atoms with Gasteiger partial charge in [-0.25, -0.2) is 4.98 Å². The Morgan fingerprint density at radius 3 is 2.37 bits per heavy atom. The summed E-state index contributed by atoms with van der Waals surface area (Å²) in [4.78, 5) is 8.33. The third kappa shape index (κ3) is 4.86. The molecule has 2 aromatic carbocycles. The summed E-state index contributed by atoms with van der Waals surface area (Å²) in [6.45, 7) is 0.875. The quantitative estimate of drug-likeness (QED) is 0.553. The number of aromatic nitrogens is 2. The van der Waals surface area contributed by atoms with E-state index >= 15 is 0 Å². The summed E-state index contributed by atoms with van der Waals surface area (Å²) in [7, 11) is 0. The van der Waals surface area contributed by atoms with Crippen LogP contribution in [0, 0.1) is 5.92 Å². The number of nitrogens with zero attached hydrogens (tertiary/aromatic N) is 1. The van der Waals surface area contributed by atoms with Crippen LogP contribution in [-0.2, 0) is 6.54 Å². The van der Waals surface area contributed by atoms with E-state index in [1.807, 2.05) is 12.3 Å². The van der Waals surface area contributed by atoms with E-state index in [9.17, 15) is 0 Å². The van der Waals surface area contributed by atoms with E-state index < -0.39 is 0 Å². The molecule has 1 saturated carbocycles. The second kappa shape index (κ2) is 9.01. The summed E-state index contributed by atoms with van der Waals surface area (Å²) >= 11 is 0. The number of rotatable bonds is 7. The number of imidazole rings is 1. The van der Waals surface area contributed by atoms with Crippen molar-refractivity contribution < 1.29 is 0 Å². The van der Waals surface area contributed by atoms with Gasteiger partial charge in [-0.1, -0.05) is 92.8 Å². The summed E-state index contributed by atoms with van der Waals surface area (Å²) in [5.74, 6) is 1.87. The van der Waals surface area contributed by atoms with Gasteiger partial charge in [-0.05, 0) is 23.5 Å². The summed E-state index contributed by atoms with van der Waals surface area (Å²) in [5.41, 5.74) is 3.61. The van der Waals surface area contributed by atoms with Gasteiger partial charge in [0.15, 0.2) is 0 Å². The number of benzene rings is 2. The minimum atomic E-state index is 0.269. The van der Waals surface area contributed by atoms with Gasteiger partial charge in [0.2, 0.25) is 0 Å². The number of aromatic amines is 1. The minimum absolute atomic E-state index is 0.269. The van der Waals surface area contributed by atoms with Crippen LogP contribution >= 0.6 is 0 Å². The molecule has 140 valence electrons. The van der Waals surface area contributed by atoms with Crippen molar-refractivity contribution in [3.8, 4) is 11.3 Å². The van der Waals surface area contributed by atoms with Gasteiger partial charge in [-0.3, -0.25) is 0 Å². The fourth-order valence-corrected chi connectivity index (χ4v) is 4.16. The first-order chi connectivity index (χ1) is 13.4. The van der Waals surface area contributed by atoms with E-state index in [2.05, 4.69) is 64.9 Å². The average molecular weight is 360 g/mol. The van der Waals surface area contributed by atoms with E-state index in [0.29, 0.717) is 0 Å². The zero-order chi connectivity index (χ0) is 18.3. The Morgan fingerprint density at radius 2 is 1.63 bits per heavy atom. The lowest BCUT2D eigenvalue weighted by Crippen LogP contribution is -2.25. The highest BCUT2D eigenvalue weighted by atomic mass is 15.0. The lowest BCUT2D eigenvalue weighted by atomic mass is 9.84. The van der Waals surface area contributed by atoms with E-state index in [0.717, 1.165) is 30.4 Å². The van der Waals surface area contributed by atoms with Crippen molar-refractivity contribution >= 4 is 0 Å². The normalized spacial score (nSPS) is 16.3. The molecule has 0 radical (unpaired) electrons. The van der Waals surface area contributed by atoms with E-state index in [4.69, 9.17) is 4.98 Å². The van der Waals surface area contributed by atoms with Gasteiger partial charge < -0.3 is 10.3 Å². The minimum Gasteiger partial charge on any atom is -0.341 e. The Kier molecular flexibility index (Phi) is 6.00. The number of hydrogen-bond acceptors (Lipinski definition) is 2. The highest BCUT2D eigenvalue weighted by Gasteiger charge is 2.22. The number of nitrogens with one attached hydrogen (secondary N) is 2. The van der Waals surface area contributed by atoms with Gasteiger partial charge in [0.25, 0.3) is 0 Å². The molecule has 3 nitrogen and oxygen atoms in total. The molecule has 1 aromatic heterocycles. The maximum atomic E-state index is 4.75. The third-order valence-corrected chi connectivity index (χ3v) is 5.70. The molecule has 0 unspecified atom stereocenters. The molecule has 27 heavy (non-hydrogen) atoms. The molecule has 1 aliphatic rings. The Labute approximate surface area is 162 Å². The molecule has 1 atom stereocenters. The van der Waals surface area contributed by atoms with Crippen LogP contribution in [0.25, 0.3) is 11.3 Å². The first-order valence-electron chi connectivity index (χ1n) is 10.3. The van der Waals surface area contributed by atoms with Crippen molar-refractivity contribution in [2.75, 3.05) is 0 Å². The third-order valence-electron chi connectivity index (χ3n) is 5.70. The second-order valence-corrected chi connectivity index (χ2v) is 7.71. The Balaban J connectivity index is 1.50. The zero-order valence-corrected chi connectivity index (χ0v) is 15.9. The van der Waals surface area contributed by atoms with Crippen molar-refractivity contribution in [1.82, 2.24) is 15.3 Å². The molecular formula is C24H29N3. The Hall–Kier alpha value is -2.39. The van der Waals surface area contributed by atoms with Crippen LogP contribution in [0.2, 0.25) is 0 Å². The zero-order valence-electron chi connectivity index (χ0n) is 15.9. The van der Waals surface area contributed by atoms with Gasteiger partial charge in [-0.15, -0.1) is 0 Å². The molecule has 3 aromatic rings. The molecule has 4 rings (SSSR count). The molecule has 0 spiro atoms. The highest BCUT2D eigenvalue weighted by Crippen LogP contribution is 2.32. The molecule has 1 heterocycles. The lowest BCUT2D eigenvalue weighted by molar-refractivity contribution is 0.294. The SMILES string of the molecule is c1ccc(CN[C@H](CC2CCCCC2)c2ncc(-c3ccccc3)[nH]2)cc1. The fourth-order valence-electron chi connectivity index (χ4n) is 4.16. The largest absolute Gasteiger partial charge is 0.341 e. The van der Waals surface area contributed by atoms with Crippen LogP contribution in [0.4, 0.5) is 0 Å². The van der Waals surface area contributed by atoms with Gasteiger partial charge in [-0.2, -0.15) is 0 Å². The predicted molar refractivity (Wildman–Crippen MR) is 111 cm³/mol. The average Bonchev–Trinajstić information content (AvgIpc) is 3.23. The molecule has 1 aliphatic carbocycles. The van der Waals surface area contributed by atoms with Crippen LogP contribution in [0.5, 0.6) is 0 Å². The van der Waals surface area contributed by atoms with Crippen LogP contribution < -0.4 is 5.32 Å². The first-order valence-corrected chi connectivity index (χ1v) is 10.3. The Morgan fingerprint density at radius 1 is 0.926 bits per heavy atom. The van der Waals surface area contributed by atoms with Crippen molar-refractivity contribution in [3.63, 3.8) is 0 Å². The molecule has 0 amide bonds. The van der Waals surface area contributed by atoms with Gasteiger partial charge in [0.05, 0.1) is 17.9 Å². The highest BCUT2D eigenvalue weighted by molar-refractivity contribution is 5.58. The van der Waals surface area contributed by atoms with Gasteiger partial charge in [0.1, 0.15) is 5.82 Å². The monoisotopic (exact) mass is 359 g/mol. The number of H-pyrrole nitrogens is 1. The van der Waals surface area contributed by atoms with Crippen LogP contribution in [0.15, 0.2) is 66.9 Å². The molecular weight excluding hydrogens is 330 g/mol. The van der Waals surface area contributed by atoms with Crippen molar-refractivity contribution in [1.29, 1.82) is 0 Å². The molecule has 2 N–H and O–H groups in total. The van der Waals surface area contributed by atoms with Crippen molar-refractivity contribution in [2.45, 2.75) is 51.1 Å². The van der Waals surface area contributed by atoms with Gasteiger partial charge in [0, 0.05) is 6.54 Å². The summed E-state index contributed by atoms with van der Waals surface area (Å²) in [5, 5.41) is 3.77. The maximum absolute atomic E-state index is 4.75. The van der Waals surface area contributed by atoms with Crippen LogP contribution in [0.1, 0.15) is 56.0 Å². The smallest absolute Gasteiger partial charge is 0.123 e. The Bertz CT molecular complexity index is 804. The fraction of sp³-hybridized carbons (Fsp3) is 0.375. The van der Waals surface area contributed by atoms with E-state index in [1.54, 1.807) is 0 Å². The predicted octanol–water partition coefficient (Wildman–Crippen LogP) is 5.88. The first kappa shape index (κ1) is 18.0. The second-order valence-electron chi connectivity index (χ2n) is 7.71. The summed E-state index contributed by atoms with van der Waals surface area (Å²) in [6.07, 6.45) is 10.0. The molecule has 3 heteroatoms. The van der Waals surface area contributed by atoms with E-state index in [-0.39, 0.29) is 6.04 Å².